The van der Waals surface area contributed by atoms with Gasteiger partial charge in [-0.3, -0.25) is 14.4 Å². The van der Waals surface area contributed by atoms with E-state index >= 15 is 0 Å². The Hall–Kier alpha value is -2.12. The third-order valence-corrected chi connectivity index (χ3v) is 6.17. The van der Waals surface area contributed by atoms with Crippen LogP contribution in [0.1, 0.15) is 18.4 Å². The number of carbonyl (C=O) groups is 3. The Kier molecular flexibility index (Phi) is 3.92. The van der Waals surface area contributed by atoms with Gasteiger partial charge in [0, 0.05) is 16.3 Å². The molecule has 0 unspecified atom stereocenters. The summed E-state index contributed by atoms with van der Waals surface area (Å²) in [6, 6.07) is 12.8. The highest BCUT2D eigenvalue weighted by molar-refractivity contribution is 9.10. The number of halogens is 1. The number of nitrogens with zero attached hydrogens (tertiary/aromatic N) is 1. The number of rotatable bonds is 1. The van der Waals surface area contributed by atoms with E-state index < -0.39 is 11.2 Å². The van der Waals surface area contributed by atoms with Crippen molar-refractivity contribution in [3.8, 4) is 0 Å². The van der Waals surface area contributed by atoms with Gasteiger partial charge in [0.25, 0.3) is 0 Å². The van der Waals surface area contributed by atoms with Gasteiger partial charge in [-0.05, 0) is 35.9 Å². The van der Waals surface area contributed by atoms with Gasteiger partial charge in [-0.1, -0.05) is 28.1 Å². The number of amides is 3. The van der Waals surface area contributed by atoms with Gasteiger partial charge < -0.3 is 5.32 Å². The average molecular weight is 417 g/mol. The van der Waals surface area contributed by atoms with Gasteiger partial charge in [-0.15, -0.1) is 11.8 Å². The third kappa shape index (κ3) is 2.58. The lowest BCUT2D eigenvalue weighted by Gasteiger charge is -2.27. The zero-order valence-corrected chi connectivity index (χ0v) is 15.6. The maximum absolute atomic E-state index is 13.0. The van der Waals surface area contributed by atoms with Crippen LogP contribution in [0, 0.1) is 0 Å². The summed E-state index contributed by atoms with van der Waals surface area (Å²) in [4.78, 5) is 39.7. The van der Waals surface area contributed by atoms with E-state index in [-0.39, 0.29) is 17.7 Å². The molecule has 0 saturated heterocycles. The van der Waals surface area contributed by atoms with Gasteiger partial charge in [0.2, 0.25) is 17.7 Å². The maximum Gasteiger partial charge on any atom is 0.243 e. The highest BCUT2D eigenvalue weighted by atomic mass is 79.9. The number of benzene rings is 2. The van der Waals surface area contributed by atoms with Crippen molar-refractivity contribution in [2.75, 3.05) is 10.2 Å². The normalized spacial score (nSPS) is 21.6. The Morgan fingerprint density at radius 2 is 1.96 bits per heavy atom. The summed E-state index contributed by atoms with van der Waals surface area (Å²) in [6.45, 7) is 1.36. The molecule has 2 aliphatic heterocycles. The smallest absolute Gasteiger partial charge is 0.243 e. The number of nitrogens with one attached hydrogen (secondary N) is 1. The molecule has 2 aliphatic rings. The second-order valence-electron chi connectivity index (χ2n) is 5.90. The quantitative estimate of drug-likeness (QED) is 0.771. The summed E-state index contributed by atoms with van der Waals surface area (Å²) in [6.07, 6.45) is 0. The molecule has 5 nitrogen and oxygen atoms in total. The zero-order chi connectivity index (χ0) is 17.7. The predicted molar refractivity (Wildman–Crippen MR) is 99.8 cm³/mol. The lowest BCUT2D eigenvalue weighted by Crippen LogP contribution is -2.40. The first kappa shape index (κ1) is 16.4. The largest absolute Gasteiger partial charge is 0.324 e. The molecule has 3 amide bonds. The number of carbonyl (C=O) groups excluding carboxylic acids is 3. The lowest BCUT2D eigenvalue weighted by molar-refractivity contribution is -0.127. The molecule has 1 N–H and O–H groups in total. The van der Waals surface area contributed by atoms with Crippen LogP contribution < -0.4 is 10.2 Å². The van der Waals surface area contributed by atoms with Crippen LogP contribution in [0.2, 0.25) is 0 Å². The van der Waals surface area contributed by atoms with Crippen molar-refractivity contribution < 1.29 is 14.4 Å². The number of anilines is 2. The lowest BCUT2D eigenvalue weighted by atomic mass is 9.96. The molecule has 0 radical (unpaired) electrons. The molecule has 2 aromatic carbocycles. The fourth-order valence-electron chi connectivity index (χ4n) is 3.27. The molecule has 2 heterocycles. The van der Waals surface area contributed by atoms with Crippen molar-refractivity contribution in [2.45, 2.75) is 23.0 Å². The summed E-state index contributed by atoms with van der Waals surface area (Å²) < 4.78 is 0.802. The second kappa shape index (κ2) is 6.00. The van der Waals surface area contributed by atoms with Gasteiger partial charge in [0.05, 0.1) is 17.3 Å². The number of imide groups is 1. The molecule has 7 heteroatoms. The van der Waals surface area contributed by atoms with E-state index in [1.807, 2.05) is 30.3 Å². The van der Waals surface area contributed by atoms with E-state index in [1.54, 1.807) is 12.1 Å². The minimum Gasteiger partial charge on any atom is -0.324 e. The number of hydrogen-bond donors (Lipinski definition) is 1. The average Bonchev–Trinajstić information content (AvgIpc) is 2.85. The molecular weight excluding hydrogens is 404 g/mol. The predicted octanol–water partition coefficient (Wildman–Crippen LogP) is 3.54. The molecule has 0 spiro atoms. The Labute approximate surface area is 156 Å². The fourth-order valence-corrected chi connectivity index (χ4v) is 4.89. The molecule has 2 aromatic rings. The van der Waals surface area contributed by atoms with E-state index in [9.17, 15) is 14.4 Å². The molecule has 0 fully saturated rings. The van der Waals surface area contributed by atoms with Crippen LogP contribution in [0.15, 0.2) is 51.8 Å². The number of thioether (sulfide) groups is 1. The molecule has 0 bridgehead atoms. The van der Waals surface area contributed by atoms with E-state index in [2.05, 4.69) is 21.2 Å². The van der Waals surface area contributed by atoms with Crippen molar-refractivity contribution >= 4 is 56.8 Å². The standard InChI is InChI=1S/C18H13BrN2O3S/c1-9(22)21-13-7-6-10(19)8-11(13)15(18(21)24)16-17(23)20-12-4-2-3-5-14(12)25-16/h2-8,15-16H,1H3,(H,20,23)/t15-,16+/m1/s1. The maximum atomic E-state index is 13.0. The molecule has 25 heavy (non-hydrogen) atoms. The van der Waals surface area contributed by atoms with Crippen LogP contribution in [-0.2, 0) is 14.4 Å². The van der Waals surface area contributed by atoms with Crippen LogP contribution in [0.4, 0.5) is 11.4 Å². The Morgan fingerprint density at radius 3 is 2.72 bits per heavy atom. The molecule has 2 atom stereocenters. The molecule has 0 aromatic heterocycles. The number of para-hydroxylation sites is 1. The van der Waals surface area contributed by atoms with Crippen LogP contribution in [0.3, 0.4) is 0 Å². The van der Waals surface area contributed by atoms with E-state index in [4.69, 9.17) is 0 Å². The topological polar surface area (TPSA) is 66.5 Å². The molecule has 0 aliphatic carbocycles. The third-order valence-electron chi connectivity index (χ3n) is 4.33. The Bertz CT molecular complexity index is 930. The minimum absolute atomic E-state index is 0.224. The fraction of sp³-hybridized carbons (Fsp3) is 0.167. The number of hydrogen-bond acceptors (Lipinski definition) is 4. The molecule has 0 saturated carbocycles. The minimum atomic E-state index is -0.699. The monoisotopic (exact) mass is 416 g/mol. The van der Waals surface area contributed by atoms with Gasteiger partial charge >= 0.3 is 0 Å². The Balaban J connectivity index is 1.81. The summed E-state index contributed by atoms with van der Waals surface area (Å²) in [5.74, 6) is -1.63. The summed E-state index contributed by atoms with van der Waals surface area (Å²) in [5, 5.41) is 2.24. The van der Waals surface area contributed by atoms with Gasteiger partial charge in [-0.2, -0.15) is 0 Å². The highest BCUT2D eigenvalue weighted by Crippen LogP contribution is 2.48. The number of fused-ring (bicyclic) bond motifs is 2. The highest BCUT2D eigenvalue weighted by Gasteiger charge is 2.47. The van der Waals surface area contributed by atoms with Gasteiger partial charge in [-0.25, -0.2) is 4.90 Å². The second-order valence-corrected chi connectivity index (χ2v) is 8.00. The first-order valence-electron chi connectivity index (χ1n) is 7.68. The van der Waals surface area contributed by atoms with Crippen LogP contribution in [0.25, 0.3) is 0 Å². The first-order chi connectivity index (χ1) is 12.0. The molecule has 126 valence electrons. The van der Waals surface area contributed by atoms with E-state index in [0.29, 0.717) is 11.3 Å². The van der Waals surface area contributed by atoms with Crippen molar-refractivity contribution in [1.82, 2.24) is 0 Å². The van der Waals surface area contributed by atoms with Crippen molar-refractivity contribution in [1.29, 1.82) is 0 Å². The van der Waals surface area contributed by atoms with Crippen LogP contribution >= 0.6 is 27.7 Å². The summed E-state index contributed by atoms with van der Waals surface area (Å²) >= 11 is 4.78. The van der Waals surface area contributed by atoms with E-state index in [0.717, 1.165) is 15.1 Å². The Morgan fingerprint density at radius 1 is 1.20 bits per heavy atom. The summed E-state index contributed by atoms with van der Waals surface area (Å²) in [7, 11) is 0. The molecule has 4 rings (SSSR count). The van der Waals surface area contributed by atoms with Crippen LogP contribution in [-0.4, -0.2) is 23.0 Å². The van der Waals surface area contributed by atoms with Gasteiger partial charge in [0.1, 0.15) is 5.25 Å². The van der Waals surface area contributed by atoms with Crippen molar-refractivity contribution in [3.63, 3.8) is 0 Å². The summed E-state index contributed by atoms with van der Waals surface area (Å²) in [5.41, 5.74) is 2.00. The van der Waals surface area contributed by atoms with Crippen molar-refractivity contribution in [2.24, 2.45) is 0 Å². The van der Waals surface area contributed by atoms with Gasteiger partial charge in [0.15, 0.2) is 0 Å². The molecular formula is C18H13BrN2O3S. The van der Waals surface area contributed by atoms with E-state index in [1.165, 1.54) is 23.6 Å². The first-order valence-corrected chi connectivity index (χ1v) is 9.35. The van der Waals surface area contributed by atoms with Crippen LogP contribution in [0.5, 0.6) is 0 Å². The SMILES string of the molecule is CC(=O)N1C(=O)[C@@H]([C@@H]2Sc3ccccc3NC2=O)c2cc(Br)ccc21. The zero-order valence-electron chi connectivity index (χ0n) is 13.2. The van der Waals surface area contributed by atoms with Crippen molar-refractivity contribution in [3.05, 3.63) is 52.5 Å².